The number of nitrogens with zero attached hydrogens (tertiary/aromatic N) is 1. The summed E-state index contributed by atoms with van der Waals surface area (Å²) in [6.07, 6.45) is 2.78. The second-order valence-electron chi connectivity index (χ2n) is 6.65. The molecule has 1 atom stereocenters. The predicted octanol–water partition coefficient (Wildman–Crippen LogP) is 3.87. The second kappa shape index (κ2) is 9.13. The molecule has 6 heteroatoms. The van der Waals surface area contributed by atoms with Crippen LogP contribution in [0.2, 0.25) is 5.02 Å². The Hall–Kier alpha value is -2.50. The van der Waals surface area contributed by atoms with E-state index in [0.717, 1.165) is 30.8 Å². The maximum atomic E-state index is 12.6. The third kappa shape index (κ3) is 4.16. The number of benzene rings is 2. The zero-order chi connectivity index (χ0) is 20.1. The highest BCUT2D eigenvalue weighted by molar-refractivity contribution is 6.33. The van der Waals surface area contributed by atoms with Gasteiger partial charge in [-0.15, -0.1) is 6.58 Å². The van der Waals surface area contributed by atoms with Crippen molar-refractivity contribution in [2.75, 3.05) is 33.9 Å². The van der Waals surface area contributed by atoms with Crippen molar-refractivity contribution in [2.45, 2.75) is 12.5 Å². The standard InChI is InChI=1S/C22H25ClN2O3/c1-4-10-25-11-9-15-12-20(27-2)21(28-3)13-17(15)19(25)14-24-22(26)16-7-5-6-8-18(16)23/h4-8,12-13,19H,1,9-11,14H2,2-3H3,(H,24,26)/t19-/m1/s1. The Kier molecular flexibility index (Phi) is 6.60. The normalized spacial score (nSPS) is 16.2. The fraction of sp³-hybridized carbons (Fsp3) is 0.318. The Labute approximate surface area is 170 Å². The molecule has 0 unspecified atom stereocenters. The molecule has 0 spiro atoms. The molecule has 0 saturated heterocycles. The number of amides is 1. The number of ether oxygens (including phenoxy) is 2. The van der Waals surface area contributed by atoms with Gasteiger partial charge in [0.05, 0.1) is 30.8 Å². The average Bonchev–Trinajstić information content (AvgIpc) is 2.72. The van der Waals surface area contributed by atoms with Crippen molar-refractivity contribution in [3.63, 3.8) is 0 Å². The third-order valence-electron chi connectivity index (χ3n) is 5.05. The molecule has 148 valence electrons. The smallest absolute Gasteiger partial charge is 0.252 e. The van der Waals surface area contributed by atoms with Gasteiger partial charge in [-0.05, 0) is 41.8 Å². The lowest BCUT2D eigenvalue weighted by molar-refractivity contribution is 0.0933. The molecule has 1 aliphatic heterocycles. The van der Waals surface area contributed by atoms with E-state index in [2.05, 4.69) is 16.8 Å². The van der Waals surface area contributed by atoms with Gasteiger partial charge in [-0.25, -0.2) is 0 Å². The van der Waals surface area contributed by atoms with Crippen molar-refractivity contribution in [1.82, 2.24) is 10.2 Å². The molecule has 1 heterocycles. The molecule has 2 aromatic rings. The summed E-state index contributed by atoms with van der Waals surface area (Å²) in [5.41, 5.74) is 2.81. The van der Waals surface area contributed by atoms with E-state index < -0.39 is 0 Å². The summed E-state index contributed by atoms with van der Waals surface area (Å²) in [6, 6.07) is 11.1. The SMILES string of the molecule is C=CCN1CCc2cc(OC)c(OC)cc2[C@H]1CNC(=O)c1ccccc1Cl. The summed E-state index contributed by atoms with van der Waals surface area (Å²) in [7, 11) is 3.27. The number of hydrogen-bond donors (Lipinski definition) is 1. The molecule has 1 amide bonds. The highest BCUT2D eigenvalue weighted by atomic mass is 35.5. The first-order chi connectivity index (χ1) is 13.6. The Morgan fingerprint density at radius 3 is 2.68 bits per heavy atom. The Morgan fingerprint density at radius 2 is 2.00 bits per heavy atom. The molecular weight excluding hydrogens is 376 g/mol. The number of nitrogens with one attached hydrogen (secondary N) is 1. The lowest BCUT2D eigenvalue weighted by atomic mass is 9.91. The van der Waals surface area contributed by atoms with Crippen LogP contribution in [0.5, 0.6) is 11.5 Å². The molecule has 0 fully saturated rings. The zero-order valence-corrected chi connectivity index (χ0v) is 17.0. The molecule has 1 aliphatic rings. The highest BCUT2D eigenvalue weighted by Crippen LogP contribution is 2.37. The minimum absolute atomic E-state index is 0.00740. The van der Waals surface area contributed by atoms with E-state index in [1.807, 2.05) is 24.3 Å². The first-order valence-corrected chi connectivity index (χ1v) is 9.59. The van der Waals surface area contributed by atoms with E-state index in [1.54, 1.807) is 32.4 Å². The van der Waals surface area contributed by atoms with Gasteiger partial charge < -0.3 is 14.8 Å². The topological polar surface area (TPSA) is 50.8 Å². The van der Waals surface area contributed by atoms with Gasteiger partial charge in [-0.1, -0.05) is 29.8 Å². The first kappa shape index (κ1) is 20.2. The third-order valence-corrected chi connectivity index (χ3v) is 5.38. The van der Waals surface area contributed by atoms with Crippen LogP contribution in [0.15, 0.2) is 49.1 Å². The Bertz CT molecular complexity index is 869. The summed E-state index contributed by atoms with van der Waals surface area (Å²) in [4.78, 5) is 14.9. The zero-order valence-electron chi connectivity index (χ0n) is 16.2. The quantitative estimate of drug-likeness (QED) is 0.717. The molecule has 28 heavy (non-hydrogen) atoms. The lowest BCUT2D eigenvalue weighted by Crippen LogP contribution is -2.42. The summed E-state index contributed by atoms with van der Waals surface area (Å²) in [5.74, 6) is 1.22. The van der Waals surface area contributed by atoms with Crippen molar-refractivity contribution in [3.05, 3.63) is 70.8 Å². The molecule has 3 rings (SSSR count). The molecular formula is C22H25ClN2O3. The van der Waals surface area contributed by atoms with Crippen LogP contribution in [0.1, 0.15) is 27.5 Å². The molecule has 0 saturated carbocycles. The van der Waals surface area contributed by atoms with Crippen LogP contribution in [0, 0.1) is 0 Å². The number of fused-ring (bicyclic) bond motifs is 1. The number of methoxy groups -OCH3 is 2. The average molecular weight is 401 g/mol. The Balaban J connectivity index is 1.87. The van der Waals surface area contributed by atoms with Gasteiger partial charge in [-0.3, -0.25) is 9.69 Å². The molecule has 2 aromatic carbocycles. The molecule has 5 nitrogen and oxygen atoms in total. The fourth-order valence-electron chi connectivity index (χ4n) is 3.63. The van der Waals surface area contributed by atoms with Crippen molar-refractivity contribution in [1.29, 1.82) is 0 Å². The summed E-state index contributed by atoms with van der Waals surface area (Å²) in [6.45, 7) is 5.94. The van der Waals surface area contributed by atoms with Gasteiger partial charge in [0.2, 0.25) is 0 Å². The van der Waals surface area contributed by atoms with E-state index in [9.17, 15) is 4.79 Å². The van der Waals surface area contributed by atoms with Gasteiger partial charge in [-0.2, -0.15) is 0 Å². The lowest BCUT2D eigenvalue weighted by Gasteiger charge is -2.37. The van der Waals surface area contributed by atoms with Gasteiger partial charge in [0.25, 0.3) is 5.91 Å². The molecule has 0 bridgehead atoms. The minimum atomic E-state index is -0.184. The second-order valence-corrected chi connectivity index (χ2v) is 7.05. The summed E-state index contributed by atoms with van der Waals surface area (Å²) in [5, 5.41) is 3.48. The van der Waals surface area contributed by atoms with Crippen molar-refractivity contribution >= 4 is 17.5 Å². The number of halogens is 1. The van der Waals surface area contributed by atoms with Gasteiger partial charge in [0.1, 0.15) is 0 Å². The highest BCUT2D eigenvalue weighted by Gasteiger charge is 2.29. The van der Waals surface area contributed by atoms with Crippen LogP contribution in [0.4, 0.5) is 0 Å². The largest absolute Gasteiger partial charge is 0.493 e. The van der Waals surface area contributed by atoms with Crippen LogP contribution >= 0.6 is 11.6 Å². The summed E-state index contributed by atoms with van der Waals surface area (Å²) < 4.78 is 10.9. The van der Waals surface area contributed by atoms with E-state index in [1.165, 1.54) is 5.56 Å². The molecule has 0 radical (unpaired) electrons. The van der Waals surface area contributed by atoms with E-state index in [-0.39, 0.29) is 11.9 Å². The van der Waals surface area contributed by atoms with E-state index in [0.29, 0.717) is 22.9 Å². The van der Waals surface area contributed by atoms with Gasteiger partial charge in [0, 0.05) is 19.6 Å². The number of carbonyl (C=O) groups is 1. The monoisotopic (exact) mass is 400 g/mol. The maximum absolute atomic E-state index is 12.6. The fourth-order valence-corrected chi connectivity index (χ4v) is 3.86. The Morgan fingerprint density at radius 1 is 1.29 bits per heavy atom. The van der Waals surface area contributed by atoms with Crippen LogP contribution in [0.3, 0.4) is 0 Å². The van der Waals surface area contributed by atoms with Crippen LogP contribution in [-0.4, -0.2) is 44.7 Å². The number of hydrogen-bond acceptors (Lipinski definition) is 4. The van der Waals surface area contributed by atoms with Crippen LogP contribution in [0.25, 0.3) is 0 Å². The maximum Gasteiger partial charge on any atom is 0.252 e. The summed E-state index contributed by atoms with van der Waals surface area (Å²) >= 11 is 6.16. The van der Waals surface area contributed by atoms with Crippen molar-refractivity contribution in [2.24, 2.45) is 0 Å². The molecule has 0 aliphatic carbocycles. The van der Waals surface area contributed by atoms with E-state index in [4.69, 9.17) is 21.1 Å². The first-order valence-electron chi connectivity index (χ1n) is 9.21. The van der Waals surface area contributed by atoms with Crippen molar-refractivity contribution in [3.8, 4) is 11.5 Å². The van der Waals surface area contributed by atoms with Gasteiger partial charge >= 0.3 is 0 Å². The molecule has 1 N–H and O–H groups in total. The molecule has 0 aromatic heterocycles. The predicted molar refractivity (Wildman–Crippen MR) is 112 cm³/mol. The van der Waals surface area contributed by atoms with Gasteiger partial charge in [0.15, 0.2) is 11.5 Å². The van der Waals surface area contributed by atoms with Crippen molar-refractivity contribution < 1.29 is 14.3 Å². The minimum Gasteiger partial charge on any atom is -0.493 e. The number of carbonyl (C=O) groups excluding carboxylic acids is 1. The van der Waals surface area contributed by atoms with Crippen LogP contribution < -0.4 is 14.8 Å². The van der Waals surface area contributed by atoms with Crippen LogP contribution in [-0.2, 0) is 6.42 Å². The number of rotatable bonds is 7. The van der Waals surface area contributed by atoms with E-state index >= 15 is 0 Å².